The van der Waals surface area contributed by atoms with Crippen molar-refractivity contribution in [1.29, 1.82) is 0 Å². The van der Waals surface area contributed by atoms with Crippen LogP contribution >= 0.6 is 0 Å². The van der Waals surface area contributed by atoms with Gasteiger partial charge in [-0.3, -0.25) is 9.59 Å². The highest BCUT2D eigenvalue weighted by Crippen LogP contribution is 2.41. The number of fused-ring (bicyclic) bond motifs is 1. The number of carbonyl (C=O) groups is 2. The Bertz CT molecular complexity index is 1170. The molecule has 0 bridgehead atoms. The van der Waals surface area contributed by atoms with E-state index in [9.17, 15) is 9.59 Å². The maximum absolute atomic E-state index is 13.4. The number of nitrogens with one attached hydrogen (secondary N) is 3. The van der Waals surface area contributed by atoms with Gasteiger partial charge in [-0.05, 0) is 56.4 Å². The number of methoxy groups -OCH3 is 2. The van der Waals surface area contributed by atoms with Crippen LogP contribution in [0.15, 0.2) is 36.2 Å². The lowest BCUT2D eigenvalue weighted by atomic mass is 9.90. The van der Waals surface area contributed by atoms with Crippen LogP contribution in [0.2, 0.25) is 0 Å². The average Bonchev–Trinajstić information content (AvgIpc) is 3.36. The normalized spacial score (nSPS) is 21.1. The average molecular weight is 495 g/mol. The van der Waals surface area contributed by atoms with E-state index in [1.165, 1.54) is 20.0 Å². The summed E-state index contributed by atoms with van der Waals surface area (Å²) in [4.78, 5) is 30.6. The second-order valence-electron chi connectivity index (χ2n) is 9.78. The maximum atomic E-state index is 13.4. The number of nitrogens with zero attached hydrogens (tertiary/aromatic N) is 1. The van der Waals surface area contributed by atoms with Crippen molar-refractivity contribution in [3.05, 3.63) is 53.0 Å². The largest absolute Gasteiger partial charge is 0.497 e. The van der Waals surface area contributed by atoms with E-state index in [-0.39, 0.29) is 30.5 Å². The van der Waals surface area contributed by atoms with Crippen molar-refractivity contribution in [2.24, 2.45) is 5.92 Å². The first-order chi connectivity index (χ1) is 17.5. The first kappa shape index (κ1) is 24.2. The minimum absolute atomic E-state index is 0.0543. The molecule has 2 aromatic rings. The predicted molar refractivity (Wildman–Crippen MR) is 135 cm³/mol. The number of benzene rings is 1. The van der Waals surface area contributed by atoms with E-state index in [4.69, 9.17) is 14.2 Å². The molecule has 1 unspecified atom stereocenters. The zero-order chi connectivity index (χ0) is 25.2. The summed E-state index contributed by atoms with van der Waals surface area (Å²) < 4.78 is 16.7. The Balaban J connectivity index is 1.36. The molecule has 1 aromatic carbocycles. The monoisotopic (exact) mass is 494 g/mol. The molecule has 0 spiro atoms. The van der Waals surface area contributed by atoms with Gasteiger partial charge in [-0.1, -0.05) is 0 Å². The smallest absolute Gasteiger partial charge is 0.255 e. The van der Waals surface area contributed by atoms with E-state index in [0.29, 0.717) is 37.6 Å². The quantitative estimate of drug-likeness (QED) is 0.495. The van der Waals surface area contributed by atoms with Gasteiger partial charge in [0, 0.05) is 49.3 Å². The number of H-pyrrole nitrogens is 1. The molecule has 1 saturated heterocycles. The van der Waals surface area contributed by atoms with Crippen molar-refractivity contribution < 1.29 is 23.8 Å². The highest BCUT2D eigenvalue weighted by Gasteiger charge is 2.34. The van der Waals surface area contributed by atoms with Crippen LogP contribution in [0, 0.1) is 5.92 Å². The minimum Gasteiger partial charge on any atom is -0.497 e. The number of aromatic amines is 1. The van der Waals surface area contributed by atoms with Gasteiger partial charge in [-0.25, -0.2) is 0 Å². The van der Waals surface area contributed by atoms with E-state index in [0.717, 1.165) is 34.0 Å². The van der Waals surface area contributed by atoms with Crippen molar-refractivity contribution in [1.82, 2.24) is 20.5 Å². The number of rotatable bonds is 9. The van der Waals surface area contributed by atoms with Crippen LogP contribution in [-0.2, 0) is 14.3 Å². The molecular formula is C27H34N4O5. The van der Waals surface area contributed by atoms with Crippen LogP contribution in [0.25, 0.3) is 5.57 Å². The first-order valence-corrected chi connectivity index (χ1v) is 12.5. The molecule has 3 heterocycles. The second kappa shape index (κ2) is 10.3. The SMILES string of the molecule is COCC(=O)N1CC[C@@H](NC(=O)C2=C(C)NC(c3cc(OC)ccc3OCC3CC3)c3cc[nH]c32)C1. The molecule has 0 radical (unpaired) electrons. The van der Waals surface area contributed by atoms with Crippen LogP contribution in [0.1, 0.15) is 49.0 Å². The van der Waals surface area contributed by atoms with Gasteiger partial charge in [0.15, 0.2) is 0 Å². The maximum Gasteiger partial charge on any atom is 0.255 e. The Morgan fingerprint density at radius 1 is 1.14 bits per heavy atom. The molecule has 36 heavy (non-hydrogen) atoms. The Morgan fingerprint density at radius 2 is 1.97 bits per heavy atom. The van der Waals surface area contributed by atoms with Gasteiger partial charge in [0.1, 0.15) is 18.1 Å². The van der Waals surface area contributed by atoms with Gasteiger partial charge < -0.3 is 34.7 Å². The van der Waals surface area contributed by atoms with Crippen molar-refractivity contribution in [2.75, 3.05) is 40.5 Å². The summed E-state index contributed by atoms with van der Waals surface area (Å²) in [5.41, 5.74) is 4.08. The number of allylic oxidation sites excluding steroid dienone is 1. The third kappa shape index (κ3) is 4.93. The molecular weight excluding hydrogens is 460 g/mol. The van der Waals surface area contributed by atoms with Gasteiger partial charge in [0.25, 0.3) is 5.91 Å². The molecule has 2 fully saturated rings. The molecule has 5 rings (SSSR count). The molecule has 192 valence electrons. The molecule has 1 aliphatic carbocycles. The Labute approximate surface area is 211 Å². The first-order valence-electron chi connectivity index (χ1n) is 12.5. The standard InChI is InChI=1S/C27H34N4O5/c1-16-24(27(33)30-18-9-11-31(13-18)23(32)15-34-2)26-20(8-10-28-26)25(29-16)21-12-19(35-3)6-7-22(21)36-14-17-4-5-17/h6-8,10,12,17-18,25,28-29H,4-5,9,11,13-15H2,1-3H3,(H,30,33)/t18-,25?/m1/s1. The molecule has 2 amide bonds. The zero-order valence-electron chi connectivity index (χ0n) is 21.1. The molecule has 3 N–H and O–H groups in total. The van der Waals surface area contributed by atoms with Gasteiger partial charge in [-0.2, -0.15) is 0 Å². The lowest BCUT2D eigenvalue weighted by Crippen LogP contribution is -2.41. The molecule has 9 heteroatoms. The van der Waals surface area contributed by atoms with Gasteiger partial charge >= 0.3 is 0 Å². The number of likely N-dealkylation sites (tertiary alicyclic amines) is 1. The number of ether oxygens (including phenoxy) is 3. The van der Waals surface area contributed by atoms with Crippen LogP contribution in [0.3, 0.4) is 0 Å². The number of carbonyl (C=O) groups excluding carboxylic acids is 2. The minimum atomic E-state index is -0.194. The summed E-state index contributed by atoms with van der Waals surface area (Å²) in [5, 5.41) is 6.68. The summed E-state index contributed by atoms with van der Waals surface area (Å²) in [6, 6.07) is 7.58. The van der Waals surface area contributed by atoms with Crippen LogP contribution in [0.4, 0.5) is 0 Å². The summed E-state index contributed by atoms with van der Waals surface area (Å²) in [6.45, 7) is 3.77. The molecule has 1 aromatic heterocycles. The zero-order valence-corrected chi connectivity index (χ0v) is 21.1. The van der Waals surface area contributed by atoms with Crippen molar-refractivity contribution in [2.45, 2.75) is 38.3 Å². The number of aromatic nitrogens is 1. The Hall–Kier alpha value is -3.46. The fourth-order valence-electron chi connectivity index (χ4n) is 5.00. The molecule has 2 aliphatic heterocycles. The van der Waals surface area contributed by atoms with E-state index in [2.05, 4.69) is 15.6 Å². The van der Waals surface area contributed by atoms with Crippen LogP contribution in [-0.4, -0.2) is 68.3 Å². The van der Waals surface area contributed by atoms with E-state index < -0.39 is 0 Å². The van der Waals surface area contributed by atoms with Crippen molar-refractivity contribution in [3.8, 4) is 11.5 Å². The molecule has 1 saturated carbocycles. The van der Waals surface area contributed by atoms with Gasteiger partial charge in [0.05, 0.1) is 31.0 Å². The summed E-state index contributed by atoms with van der Waals surface area (Å²) in [6.07, 6.45) is 5.01. The molecule has 9 nitrogen and oxygen atoms in total. The van der Waals surface area contributed by atoms with Crippen LogP contribution in [0.5, 0.6) is 11.5 Å². The fourth-order valence-corrected chi connectivity index (χ4v) is 5.00. The highest BCUT2D eigenvalue weighted by molar-refractivity contribution is 6.20. The van der Waals surface area contributed by atoms with Crippen molar-refractivity contribution in [3.63, 3.8) is 0 Å². The number of amides is 2. The molecule has 3 aliphatic rings. The Morgan fingerprint density at radius 3 is 2.72 bits per heavy atom. The summed E-state index contributed by atoms with van der Waals surface area (Å²) in [7, 11) is 3.16. The van der Waals surface area contributed by atoms with Gasteiger partial charge in [0.2, 0.25) is 5.91 Å². The number of hydrogen-bond acceptors (Lipinski definition) is 6. The second-order valence-corrected chi connectivity index (χ2v) is 9.78. The third-order valence-electron chi connectivity index (χ3n) is 7.15. The Kier molecular flexibility index (Phi) is 6.91. The summed E-state index contributed by atoms with van der Waals surface area (Å²) in [5.74, 6) is 1.98. The van der Waals surface area contributed by atoms with Gasteiger partial charge in [-0.15, -0.1) is 0 Å². The van der Waals surface area contributed by atoms with E-state index in [1.54, 1.807) is 12.0 Å². The van der Waals surface area contributed by atoms with E-state index >= 15 is 0 Å². The summed E-state index contributed by atoms with van der Waals surface area (Å²) >= 11 is 0. The topological polar surface area (TPSA) is 105 Å². The predicted octanol–water partition coefficient (Wildman–Crippen LogP) is 2.60. The third-order valence-corrected chi connectivity index (χ3v) is 7.15. The lowest BCUT2D eigenvalue weighted by molar-refractivity contribution is -0.134. The molecule has 2 atom stereocenters. The lowest BCUT2D eigenvalue weighted by Gasteiger charge is -2.30. The number of hydrogen-bond donors (Lipinski definition) is 3. The van der Waals surface area contributed by atoms with E-state index in [1.807, 2.05) is 37.4 Å². The van der Waals surface area contributed by atoms with Crippen LogP contribution < -0.4 is 20.1 Å². The van der Waals surface area contributed by atoms with Crippen molar-refractivity contribution >= 4 is 17.4 Å². The highest BCUT2D eigenvalue weighted by atomic mass is 16.5. The fraction of sp³-hybridized carbons (Fsp3) is 0.481.